The number of ether oxygens (including phenoxy) is 3. The van der Waals surface area contributed by atoms with Gasteiger partial charge in [-0.25, -0.2) is 27.1 Å². The summed E-state index contributed by atoms with van der Waals surface area (Å²) in [5.74, 6) is -0.0625. The molecular formula is C43H34Cl2N6O9S2. The Morgan fingerprint density at radius 3 is 1.42 bits per heavy atom. The third-order valence-corrected chi connectivity index (χ3v) is 11.0. The van der Waals surface area contributed by atoms with Crippen molar-refractivity contribution in [3.8, 4) is 40.9 Å². The van der Waals surface area contributed by atoms with E-state index in [2.05, 4.69) is 10.6 Å². The predicted molar refractivity (Wildman–Crippen MR) is 232 cm³/mol. The first-order chi connectivity index (χ1) is 29.5. The van der Waals surface area contributed by atoms with Crippen LogP contribution in [0.1, 0.15) is 22.3 Å². The summed E-state index contributed by atoms with van der Waals surface area (Å²) in [4.78, 5) is 24.1. The molecule has 316 valence electrons. The Morgan fingerprint density at radius 2 is 1.00 bits per heavy atom. The van der Waals surface area contributed by atoms with E-state index in [1.807, 2.05) is 12.1 Å². The van der Waals surface area contributed by atoms with Crippen molar-refractivity contribution >= 4 is 66.4 Å². The molecule has 19 heteroatoms. The number of carbonyl (C=O) groups is 2. The first-order valence-electron chi connectivity index (χ1n) is 17.8. The van der Waals surface area contributed by atoms with Crippen LogP contribution in [0.5, 0.6) is 28.7 Å². The Hall–Kier alpha value is -6.96. The third-order valence-electron chi connectivity index (χ3n) is 8.37. The third kappa shape index (κ3) is 12.8. The van der Waals surface area contributed by atoms with E-state index in [-0.39, 0.29) is 68.3 Å². The minimum absolute atomic E-state index is 0.00565. The number of nitrogens with two attached hydrogens (primary N) is 2. The molecule has 6 aromatic carbocycles. The number of hydrogen-bond acceptors (Lipinski definition) is 11. The number of rotatable bonds is 13. The zero-order valence-electron chi connectivity index (χ0n) is 32.3. The quantitative estimate of drug-likeness (QED) is 0.0874. The monoisotopic (exact) mass is 912 g/mol. The molecule has 0 atom stereocenters. The molecule has 0 saturated carbocycles. The molecule has 6 aromatic rings. The first kappa shape index (κ1) is 46.1. The molecule has 15 nitrogen and oxygen atoms in total. The number of nitrogens with zero attached hydrogens (tertiary/aromatic N) is 2. The predicted octanol–water partition coefficient (Wildman–Crippen LogP) is 7.67. The van der Waals surface area contributed by atoms with Crippen LogP contribution >= 0.6 is 23.2 Å². The van der Waals surface area contributed by atoms with Crippen molar-refractivity contribution in [1.29, 1.82) is 10.5 Å². The number of benzene rings is 6. The van der Waals surface area contributed by atoms with E-state index >= 15 is 0 Å². The maximum absolute atomic E-state index is 12.4. The summed E-state index contributed by atoms with van der Waals surface area (Å²) >= 11 is 12.1. The van der Waals surface area contributed by atoms with Gasteiger partial charge in [-0.1, -0.05) is 71.7 Å². The molecule has 0 aromatic heterocycles. The van der Waals surface area contributed by atoms with E-state index < -0.39 is 26.0 Å². The highest BCUT2D eigenvalue weighted by molar-refractivity contribution is 7.89. The lowest BCUT2D eigenvalue weighted by Crippen LogP contribution is -2.17. The van der Waals surface area contributed by atoms with Gasteiger partial charge >= 0.3 is 0 Å². The largest absolute Gasteiger partial charge is 0.493 e. The summed E-state index contributed by atoms with van der Waals surface area (Å²) in [6, 6.07) is 36.6. The lowest BCUT2D eigenvalue weighted by molar-refractivity contribution is -0.116. The number of nitriles is 2. The van der Waals surface area contributed by atoms with E-state index in [0.717, 1.165) is 6.07 Å². The molecule has 0 aliphatic rings. The van der Waals surface area contributed by atoms with Gasteiger partial charge in [0, 0.05) is 21.4 Å². The molecule has 6 N–H and O–H groups in total. The van der Waals surface area contributed by atoms with Gasteiger partial charge in [-0.3, -0.25) is 9.59 Å². The second-order valence-electron chi connectivity index (χ2n) is 12.9. The van der Waals surface area contributed by atoms with Crippen molar-refractivity contribution in [2.75, 3.05) is 17.7 Å². The van der Waals surface area contributed by atoms with E-state index in [9.17, 15) is 26.4 Å². The number of methoxy groups -OCH3 is 1. The van der Waals surface area contributed by atoms with Crippen molar-refractivity contribution in [3.63, 3.8) is 0 Å². The SMILES string of the molecule is COc1ccccc1Oc1ccc(NC(=O)Cc2ccccc2Cl)cc1S(N)(=O)=O.N#Cc1cc(C#N)cc(Oc2ccc(NC(=O)Cc3ccccc3Cl)cc2S(N)(=O)=O)c1. The molecule has 0 radical (unpaired) electrons. The molecule has 0 unspecified atom stereocenters. The van der Waals surface area contributed by atoms with Crippen molar-refractivity contribution in [3.05, 3.63) is 160 Å². The summed E-state index contributed by atoms with van der Waals surface area (Å²) < 4.78 is 65.0. The number of hydrogen-bond donors (Lipinski definition) is 4. The number of halogens is 2. The molecule has 0 bridgehead atoms. The number of nitrogens with one attached hydrogen (secondary N) is 2. The normalized spacial score (nSPS) is 10.8. The fourth-order valence-electron chi connectivity index (χ4n) is 5.56. The summed E-state index contributed by atoms with van der Waals surface area (Å²) in [5, 5.41) is 35.0. The van der Waals surface area contributed by atoms with Crippen molar-refractivity contribution < 1.29 is 40.6 Å². The van der Waals surface area contributed by atoms with E-state index in [4.69, 9.17) is 58.2 Å². The number of sulfonamides is 2. The maximum Gasteiger partial charge on any atom is 0.241 e. The van der Waals surface area contributed by atoms with Crippen LogP contribution in [0.3, 0.4) is 0 Å². The van der Waals surface area contributed by atoms with Gasteiger partial charge in [0.25, 0.3) is 0 Å². The Morgan fingerprint density at radius 1 is 0.581 bits per heavy atom. The standard InChI is InChI=1S/C22H15ClN4O4S.C21H19ClN2O5S/c23-19-4-2-1-3-16(19)10-22(28)27-17-5-6-20(21(11-17)32(26,29)30)31-18-8-14(12-24)7-15(9-18)13-25;1-28-17-8-4-5-9-18(17)29-19-11-10-15(13-20(19)30(23,26)27)24-21(25)12-14-6-2-3-7-16(14)22/h1-9,11H,10H2,(H,27,28)(H2,26,29,30);2-11,13H,12H2,1H3,(H,24,25)(H2,23,26,27). The fraction of sp³-hybridized carbons (Fsp3) is 0.0698. The Bertz CT molecular complexity index is 2940. The molecule has 0 heterocycles. The molecule has 0 aliphatic carbocycles. The molecule has 0 spiro atoms. The minimum atomic E-state index is -4.24. The lowest BCUT2D eigenvalue weighted by Gasteiger charge is -2.14. The summed E-state index contributed by atoms with van der Waals surface area (Å²) in [6.45, 7) is 0. The van der Waals surface area contributed by atoms with Crippen LogP contribution in [0.2, 0.25) is 10.0 Å². The summed E-state index contributed by atoms with van der Waals surface area (Å²) in [6.07, 6.45) is 0.0182. The van der Waals surface area contributed by atoms with Crippen LogP contribution < -0.4 is 35.1 Å². The van der Waals surface area contributed by atoms with Crippen LogP contribution in [0, 0.1) is 22.7 Å². The van der Waals surface area contributed by atoms with Crippen LogP contribution in [0.25, 0.3) is 0 Å². The highest BCUT2D eigenvalue weighted by Gasteiger charge is 2.21. The first-order valence-corrected chi connectivity index (χ1v) is 21.7. The van der Waals surface area contributed by atoms with Crippen LogP contribution in [0.15, 0.2) is 137 Å². The summed E-state index contributed by atoms with van der Waals surface area (Å²) in [5.41, 5.74) is 2.04. The number of amides is 2. The second-order valence-corrected chi connectivity index (χ2v) is 16.7. The van der Waals surface area contributed by atoms with Crippen LogP contribution in [-0.2, 0) is 42.5 Å². The molecule has 62 heavy (non-hydrogen) atoms. The van der Waals surface area contributed by atoms with E-state index in [1.54, 1.807) is 72.8 Å². The number of anilines is 2. The second kappa shape index (κ2) is 20.5. The fourth-order valence-corrected chi connectivity index (χ4v) is 7.33. The zero-order chi connectivity index (χ0) is 45.0. The maximum atomic E-state index is 12.4. The van der Waals surface area contributed by atoms with Crippen molar-refractivity contribution in [1.82, 2.24) is 0 Å². The van der Waals surface area contributed by atoms with Gasteiger partial charge in [-0.15, -0.1) is 0 Å². The van der Waals surface area contributed by atoms with Crippen molar-refractivity contribution in [2.24, 2.45) is 10.3 Å². The number of primary sulfonamides is 2. The van der Waals surface area contributed by atoms with Gasteiger partial charge in [-0.2, -0.15) is 10.5 Å². The van der Waals surface area contributed by atoms with E-state index in [1.165, 1.54) is 55.6 Å². The average molecular weight is 914 g/mol. The van der Waals surface area contributed by atoms with Crippen molar-refractivity contribution in [2.45, 2.75) is 22.6 Å². The van der Waals surface area contributed by atoms with Gasteiger partial charge in [0.1, 0.15) is 27.0 Å². The molecule has 6 rings (SSSR count). The molecule has 2 amide bonds. The highest BCUT2D eigenvalue weighted by atomic mass is 35.5. The van der Waals surface area contributed by atoms with Gasteiger partial charge in [0.2, 0.25) is 31.9 Å². The topological polar surface area (TPSA) is 254 Å². The lowest BCUT2D eigenvalue weighted by atomic mass is 10.1. The molecule has 0 fully saturated rings. The number of carbonyl (C=O) groups excluding carboxylic acids is 2. The Kier molecular flexibility index (Phi) is 15.3. The van der Waals surface area contributed by atoms with Gasteiger partial charge in [0.15, 0.2) is 11.5 Å². The van der Waals surface area contributed by atoms with Crippen LogP contribution in [0.4, 0.5) is 11.4 Å². The number of para-hydroxylation sites is 2. The highest BCUT2D eigenvalue weighted by Crippen LogP contribution is 2.36. The molecule has 0 aliphatic heterocycles. The smallest absolute Gasteiger partial charge is 0.241 e. The van der Waals surface area contributed by atoms with Gasteiger partial charge in [-0.05, 0) is 90.0 Å². The summed E-state index contributed by atoms with van der Waals surface area (Å²) in [7, 11) is -6.90. The van der Waals surface area contributed by atoms with Crippen LogP contribution in [-0.4, -0.2) is 35.8 Å². The zero-order valence-corrected chi connectivity index (χ0v) is 35.5. The van der Waals surface area contributed by atoms with E-state index in [0.29, 0.717) is 32.7 Å². The minimum Gasteiger partial charge on any atom is -0.493 e. The molecular weight excluding hydrogens is 880 g/mol. The van der Waals surface area contributed by atoms with Gasteiger partial charge in [0.05, 0.1) is 43.2 Å². The Balaban J connectivity index is 0.000000235. The Labute approximate surface area is 367 Å². The van der Waals surface area contributed by atoms with Gasteiger partial charge < -0.3 is 24.8 Å². The average Bonchev–Trinajstić information content (AvgIpc) is 3.23. The molecule has 0 saturated heterocycles.